The molecule has 0 aliphatic carbocycles. The van der Waals surface area contributed by atoms with Crippen molar-refractivity contribution in [2.24, 2.45) is 0 Å². The number of nitrogens with zero attached hydrogens (tertiary/aromatic N) is 1. The van der Waals surface area contributed by atoms with Crippen LogP contribution in [0.5, 0.6) is 0 Å². The van der Waals surface area contributed by atoms with Gasteiger partial charge in [-0.3, -0.25) is 9.59 Å². The Bertz CT molecular complexity index is 759. The average molecular weight is 341 g/mol. The fourth-order valence-electron chi connectivity index (χ4n) is 2.76. The largest absolute Gasteiger partial charge is 0.374 e. The SMILES string of the molecule is CC(Nc1ccc(N2CCCC2=O)cc1)C(=O)Nc1ccc(F)cc1. The number of amides is 2. The Balaban J connectivity index is 1.58. The Morgan fingerprint density at radius 3 is 2.32 bits per heavy atom. The molecule has 5 nitrogen and oxygen atoms in total. The van der Waals surface area contributed by atoms with E-state index in [9.17, 15) is 14.0 Å². The molecule has 0 radical (unpaired) electrons. The molecule has 2 N–H and O–H groups in total. The summed E-state index contributed by atoms with van der Waals surface area (Å²) in [6.07, 6.45) is 1.49. The zero-order chi connectivity index (χ0) is 17.8. The van der Waals surface area contributed by atoms with Crippen LogP contribution < -0.4 is 15.5 Å². The highest BCUT2D eigenvalue weighted by Gasteiger charge is 2.21. The fraction of sp³-hybridized carbons (Fsp3) is 0.263. The molecule has 1 aliphatic rings. The third kappa shape index (κ3) is 4.15. The maximum atomic E-state index is 12.9. The van der Waals surface area contributed by atoms with Crippen LogP contribution in [0.25, 0.3) is 0 Å². The number of benzene rings is 2. The number of hydrogen-bond acceptors (Lipinski definition) is 3. The Morgan fingerprint density at radius 1 is 1.08 bits per heavy atom. The Labute approximate surface area is 145 Å². The molecule has 1 atom stereocenters. The van der Waals surface area contributed by atoms with Gasteiger partial charge in [0, 0.05) is 30.0 Å². The summed E-state index contributed by atoms with van der Waals surface area (Å²) in [5.74, 6) is -0.418. The second-order valence-electron chi connectivity index (χ2n) is 6.06. The van der Waals surface area contributed by atoms with E-state index < -0.39 is 6.04 Å². The van der Waals surface area contributed by atoms with Crippen molar-refractivity contribution in [1.82, 2.24) is 0 Å². The van der Waals surface area contributed by atoms with Gasteiger partial charge in [-0.2, -0.15) is 0 Å². The zero-order valence-electron chi connectivity index (χ0n) is 14.0. The van der Waals surface area contributed by atoms with E-state index in [1.165, 1.54) is 24.3 Å². The van der Waals surface area contributed by atoms with Gasteiger partial charge in [0.25, 0.3) is 0 Å². The molecular weight excluding hydrogens is 321 g/mol. The van der Waals surface area contributed by atoms with Crippen LogP contribution in [-0.4, -0.2) is 24.4 Å². The van der Waals surface area contributed by atoms with Crippen LogP contribution >= 0.6 is 0 Å². The predicted octanol–water partition coefficient (Wildman–Crippen LogP) is 3.39. The Morgan fingerprint density at radius 2 is 1.72 bits per heavy atom. The highest BCUT2D eigenvalue weighted by Crippen LogP contribution is 2.23. The first-order valence-electron chi connectivity index (χ1n) is 8.26. The van der Waals surface area contributed by atoms with Gasteiger partial charge in [-0.15, -0.1) is 0 Å². The summed E-state index contributed by atoms with van der Waals surface area (Å²) in [5, 5.41) is 5.84. The third-order valence-electron chi connectivity index (χ3n) is 4.14. The van der Waals surface area contributed by atoms with Crippen LogP contribution in [0.3, 0.4) is 0 Å². The molecule has 3 rings (SSSR count). The standard InChI is InChI=1S/C19H20FN3O2/c1-13(19(25)22-16-6-4-14(20)5-7-16)21-15-8-10-17(11-9-15)23-12-2-3-18(23)24/h4-11,13,21H,2-3,12H2,1H3,(H,22,25). The van der Waals surface area contributed by atoms with E-state index in [1.54, 1.807) is 11.8 Å². The maximum absolute atomic E-state index is 12.9. The lowest BCUT2D eigenvalue weighted by Crippen LogP contribution is -2.31. The summed E-state index contributed by atoms with van der Waals surface area (Å²) in [4.78, 5) is 25.7. The monoisotopic (exact) mass is 341 g/mol. The molecule has 25 heavy (non-hydrogen) atoms. The topological polar surface area (TPSA) is 61.4 Å². The maximum Gasteiger partial charge on any atom is 0.246 e. The smallest absolute Gasteiger partial charge is 0.246 e. The van der Waals surface area contributed by atoms with Gasteiger partial charge in [-0.05, 0) is 61.9 Å². The number of carbonyl (C=O) groups is 2. The molecule has 0 saturated carbocycles. The molecule has 1 unspecified atom stereocenters. The van der Waals surface area contributed by atoms with Crippen LogP contribution in [-0.2, 0) is 9.59 Å². The van der Waals surface area contributed by atoms with E-state index in [-0.39, 0.29) is 17.6 Å². The first-order chi connectivity index (χ1) is 12.0. The summed E-state index contributed by atoms with van der Waals surface area (Å²) in [7, 11) is 0. The van der Waals surface area contributed by atoms with Gasteiger partial charge in [-0.25, -0.2) is 4.39 Å². The van der Waals surface area contributed by atoms with Crippen molar-refractivity contribution in [3.63, 3.8) is 0 Å². The molecule has 1 aliphatic heterocycles. The van der Waals surface area contributed by atoms with Gasteiger partial charge < -0.3 is 15.5 Å². The minimum Gasteiger partial charge on any atom is -0.374 e. The quantitative estimate of drug-likeness (QED) is 0.876. The van der Waals surface area contributed by atoms with E-state index in [0.29, 0.717) is 12.1 Å². The molecule has 0 aromatic heterocycles. The van der Waals surface area contributed by atoms with Crippen LogP contribution in [0, 0.1) is 5.82 Å². The Hall–Kier alpha value is -2.89. The van der Waals surface area contributed by atoms with Crippen molar-refractivity contribution in [3.8, 4) is 0 Å². The molecule has 6 heteroatoms. The molecule has 1 saturated heterocycles. The lowest BCUT2D eigenvalue weighted by atomic mass is 10.2. The number of anilines is 3. The van der Waals surface area contributed by atoms with E-state index in [0.717, 1.165) is 24.3 Å². The molecule has 2 amide bonds. The molecule has 0 bridgehead atoms. The summed E-state index contributed by atoms with van der Waals surface area (Å²) in [6, 6.07) is 12.6. The number of rotatable bonds is 5. The molecule has 1 heterocycles. The number of carbonyl (C=O) groups excluding carboxylic acids is 2. The van der Waals surface area contributed by atoms with Crippen LogP contribution in [0.2, 0.25) is 0 Å². The van der Waals surface area contributed by atoms with E-state index in [4.69, 9.17) is 0 Å². The minimum atomic E-state index is -0.468. The summed E-state index contributed by atoms with van der Waals surface area (Å²) < 4.78 is 12.9. The van der Waals surface area contributed by atoms with Crippen molar-refractivity contribution in [1.29, 1.82) is 0 Å². The summed E-state index contributed by atoms with van der Waals surface area (Å²) in [5.41, 5.74) is 2.21. The lowest BCUT2D eigenvalue weighted by molar-refractivity contribution is -0.117. The number of halogens is 1. The molecule has 1 fully saturated rings. The molecule has 2 aromatic carbocycles. The molecule has 2 aromatic rings. The summed E-state index contributed by atoms with van der Waals surface area (Å²) in [6.45, 7) is 2.50. The zero-order valence-corrected chi connectivity index (χ0v) is 14.0. The van der Waals surface area contributed by atoms with Crippen LogP contribution in [0.1, 0.15) is 19.8 Å². The first-order valence-corrected chi connectivity index (χ1v) is 8.26. The minimum absolute atomic E-state index is 0.146. The normalized spacial score (nSPS) is 15.1. The van der Waals surface area contributed by atoms with Crippen molar-refractivity contribution < 1.29 is 14.0 Å². The summed E-state index contributed by atoms with van der Waals surface area (Å²) >= 11 is 0. The van der Waals surface area contributed by atoms with E-state index in [1.807, 2.05) is 24.3 Å². The van der Waals surface area contributed by atoms with Crippen molar-refractivity contribution in [2.75, 3.05) is 22.1 Å². The predicted molar refractivity (Wildman–Crippen MR) is 96.1 cm³/mol. The third-order valence-corrected chi connectivity index (χ3v) is 4.14. The van der Waals surface area contributed by atoms with Gasteiger partial charge in [0.1, 0.15) is 11.9 Å². The Kier molecular flexibility index (Phi) is 4.97. The number of nitrogens with one attached hydrogen (secondary N) is 2. The first kappa shape index (κ1) is 17.0. The highest BCUT2D eigenvalue weighted by atomic mass is 19.1. The highest BCUT2D eigenvalue weighted by molar-refractivity contribution is 5.97. The van der Waals surface area contributed by atoms with Crippen molar-refractivity contribution in [2.45, 2.75) is 25.8 Å². The molecule has 130 valence electrons. The molecular formula is C19H20FN3O2. The van der Waals surface area contributed by atoms with Gasteiger partial charge in [0.05, 0.1) is 0 Å². The van der Waals surface area contributed by atoms with E-state index >= 15 is 0 Å². The van der Waals surface area contributed by atoms with Gasteiger partial charge in [0.2, 0.25) is 11.8 Å². The van der Waals surface area contributed by atoms with Gasteiger partial charge in [0.15, 0.2) is 0 Å². The van der Waals surface area contributed by atoms with Crippen LogP contribution in [0.15, 0.2) is 48.5 Å². The average Bonchev–Trinajstić information content (AvgIpc) is 3.03. The second kappa shape index (κ2) is 7.34. The number of hydrogen-bond donors (Lipinski definition) is 2. The van der Waals surface area contributed by atoms with Crippen molar-refractivity contribution in [3.05, 3.63) is 54.3 Å². The van der Waals surface area contributed by atoms with Gasteiger partial charge >= 0.3 is 0 Å². The van der Waals surface area contributed by atoms with Gasteiger partial charge in [-0.1, -0.05) is 0 Å². The second-order valence-corrected chi connectivity index (χ2v) is 6.06. The molecule has 0 spiro atoms. The van der Waals surface area contributed by atoms with Crippen LogP contribution in [0.4, 0.5) is 21.5 Å². The van der Waals surface area contributed by atoms with Crippen molar-refractivity contribution >= 4 is 28.9 Å². The lowest BCUT2D eigenvalue weighted by Gasteiger charge is -2.18. The van der Waals surface area contributed by atoms with E-state index in [2.05, 4.69) is 10.6 Å². The fourth-order valence-corrected chi connectivity index (χ4v) is 2.76.